The summed E-state index contributed by atoms with van der Waals surface area (Å²) in [4.78, 5) is 4.10. The van der Waals surface area contributed by atoms with Gasteiger partial charge in [-0.25, -0.2) is 10.1 Å². The van der Waals surface area contributed by atoms with Crippen molar-refractivity contribution in [2.75, 3.05) is 26.3 Å². The van der Waals surface area contributed by atoms with Crippen LogP contribution >= 0.6 is 0 Å². The van der Waals surface area contributed by atoms with E-state index < -0.39 is 5.85 Å². The molecule has 0 amide bonds. The lowest BCUT2D eigenvalue weighted by molar-refractivity contribution is -0.337. The largest absolute Gasteiger partial charge is 0.395 e. The molecule has 0 aliphatic heterocycles. The molecule has 5 N–H and O–H groups in total. The average molecular weight is 180 g/mol. The molecule has 0 bridgehead atoms. The van der Waals surface area contributed by atoms with E-state index >= 15 is 0 Å². The van der Waals surface area contributed by atoms with Crippen LogP contribution in [0.1, 0.15) is 6.92 Å². The first kappa shape index (κ1) is 11.8. The zero-order valence-corrected chi connectivity index (χ0v) is 7.08. The molecule has 0 aromatic carbocycles. The zero-order valence-electron chi connectivity index (χ0n) is 7.08. The Labute approximate surface area is 71.1 Å². The van der Waals surface area contributed by atoms with E-state index in [1.54, 1.807) is 6.92 Å². The summed E-state index contributed by atoms with van der Waals surface area (Å²) < 4.78 is 0. The van der Waals surface area contributed by atoms with Crippen LogP contribution in [0.4, 0.5) is 0 Å². The molecule has 0 radical (unpaired) electrons. The predicted octanol–water partition coefficient (Wildman–Crippen LogP) is -1.69. The first-order chi connectivity index (χ1) is 5.68. The van der Waals surface area contributed by atoms with Crippen LogP contribution in [0.2, 0.25) is 0 Å². The lowest BCUT2D eigenvalue weighted by Gasteiger charge is -2.27. The Kier molecular flexibility index (Phi) is 6.17. The highest BCUT2D eigenvalue weighted by molar-refractivity contribution is 4.67. The Balaban J connectivity index is 3.70. The highest BCUT2D eigenvalue weighted by atomic mass is 17.1. The van der Waals surface area contributed by atoms with E-state index in [1.807, 2.05) is 0 Å². The van der Waals surface area contributed by atoms with Gasteiger partial charge in [0.1, 0.15) is 0 Å². The standard InChI is InChI=1S/C6H16N2O4/c1-6(12-11,7-2-4-9)8-3-5-10/h7-11H,2-5H2,1H3. The molecule has 74 valence electrons. The highest BCUT2D eigenvalue weighted by Crippen LogP contribution is 1.96. The van der Waals surface area contributed by atoms with Crippen LogP contribution in [0.3, 0.4) is 0 Å². The maximum absolute atomic E-state index is 8.47. The van der Waals surface area contributed by atoms with Gasteiger partial charge in [0.2, 0.25) is 5.85 Å². The Morgan fingerprint density at radius 2 is 1.58 bits per heavy atom. The van der Waals surface area contributed by atoms with Crippen LogP contribution in [0.15, 0.2) is 0 Å². The lowest BCUT2D eigenvalue weighted by atomic mass is 10.4. The van der Waals surface area contributed by atoms with Gasteiger partial charge in [0.15, 0.2) is 0 Å². The third-order valence-electron chi connectivity index (χ3n) is 1.33. The third-order valence-corrected chi connectivity index (χ3v) is 1.33. The molecule has 0 aromatic rings. The summed E-state index contributed by atoms with van der Waals surface area (Å²) in [5.74, 6) is -1.12. The summed E-state index contributed by atoms with van der Waals surface area (Å²) in [6.45, 7) is 2.00. The molecule has 6 heteroatoms. The van der Waals surface area contributed by atoms with Crippen LogP contribution in [-0.2, 0) is 4.89 Å². The number of aliphatic hydroxyl groups excluding tert-OH is 2. The SMILES string of the molecule is CC(NCCO)(NCCO)OO. The topological polar surface area (TPSA) is 94.0 Å². The fourth-order valence-electron chi connectivity index (χ4n) is 0.716. The van der Waals surface area contributed by atoms with Crippen molar-refractivity contribution in [2.45, 2.75) is 12.8 Å². The molecule has 0 saturated heterocycles. The van der Waals surface area contributed by atoms with Crippen molar-refractivity contribution in [3.63, 3.8) is 0 Å². The molecular formula is C6H16N2O4. The number of hydrogen-bond acceptors (Lipinski definition) is 6. The number of rotatable bonds is 7. The Morgan fingerprint density at radius 1 is 1.17 bits per heavy atom. The van der Waals surface area contributed by atoms with E-state index in [4.69, 9.17) is 15.5 Å². The molecule has 0 heterocycles. The highest BCUT2D eigenvalue weighted by Gasteiger charge is 2.22. The van der Waals surface area contributed by atoms with E-state index in [0.29, 0.717) is 0 Å². The van der Waals surface area contributed by atoms with E-state index in [-0.39, 0.29) is 26.3 Å². The normalized spacial score (nSPS) is 12.0. The van der Waals surface area contributed by atoms with E-state index in [1.165, 1.54) is 0 Å². The molecule has 0 rings (SSSR count). The molecule has 0 saturated carbocycles. The molecule has 0 fully saturated rings. The van der Waals surface area contributed by atoms with Gasteiger partial charge in [0, 0.05) is 13.1 Å². The van der Waals surface area contributed by atoms with Crippen molar-refractivity contribution in [1.29, 1.82) is 0 Å². The van der Waals surface area contributed by atoms with Gasteiger partial charge in [-0.15, -0.1) is 0 Å². The van der Waals surface area contributed by atoms with Gasteiger partial charge < -0.3 is 10.2 Å². The minimum Gasteiger partial charge on any atom is -0.395 e. The van der Waals surface area contributed by atoms with Crippen molar-refractivity contribution in [3.8, 4) is 0 Å². The molecular weight excluding hydrogens is 164 g/mol. The van der Waals surface area contributed by atoms with Crippen LogP contribution < -0.4 is 10.6 Å². The molecule has 0 atom stereocenters. The molecule has 0 spiro atoms. The second-order valence-electron chi connectivity index (χ2n) is 2.43. The predicted molar refractivity (Wildman–Crippen MR) is 42.3 cm³/mol. The number of aliphatic hydroxyl groups is 2. The minimum absolute atomic E-state index is 0.0558. The fraction of sp³-hybridized carbons (Fsp3) is 1.00. The van der Waals surface area contributed by atoms with Crippen molar-refractivity contribution in [3.05, 3.63) is 0 Å². The molecule has 0 aliphatic carbocycles. The molecule has 6 nitrogen and oxygen atoms in total. The molecule has 0 aliphatic rings. The summed E-state index contributed by atoms with van der Waals surface area (Å²) in [5, 5.41) is 30.8. The fourth-order valence-corrected chi connectivity index (χ4v) is 0.716. The third kappa shape index (κ3) is 4.60. The van der Waals surface area contributed by atoms with Crippen molar-refractivity contribution < 1.29 is 20.4 Å². The Hall–Kier alpha value is -0.240. The number of hydrogen-bond donors (Lipinski definition) is 5. The van der Waals surface area contributed by atoms with Gasteiger partial charge in [0.05, 0.1) is 13.2 Å². The Morgan fingerprint density at radius 3 is 1.83 bits per heavy atom. The van der Waals surface area contributed by atoms with Crippen LogP contribution in [0.25, 0.3) is 0 Å². The average Bonchev–Trinajstić information content (AvgIpc) is 2.11. The first-order valence-electron chi connectivity index (χ1n) is 3.73. The second kappa shape index (κ2) is 6.30. The van der Waals surface area contributed by atoms with Gasteiger partial charge in [0.25, 0.3) is 0 Å². The van der Waals surface area contributed by atoms with Crippen LogP contribution in [-0.4, -0.2) is 47.6 Å². The van der Waals surface area contributed by atoms with Crippen molar-refractivity contribution >= 4 is 0 Å². The minimum atomic E-state index is -1.12. The maximum Gasteiger partial charge on any atom is 0.204 e. The monoisotopic (exact) mass is 180 g/mol. The summed E-state index contributed by atoms with van der Waals surface area (Å²) in [6, 6.07) is 0. The molecule has 0 unspecified atom stereocenters. The van der Waals surface area contributed by atoms with Gasteiger partial charge in [-0.2, -0.15) is 0 Å². The van der Waals surface area contributed by atoms with Gasteiger partial charge in [-0.05, 0) is 6.92 Å². The van der Waals surface area contributed by atoms with Crippen LogP contribution in [0.5, 0.6) is 0 Å². The lowest BCUT2D eigenvalue weighted by Crippen LogP contribution is -2.57. The van der Waals surface area contributed by atoms with E-state index in [9.17, 15) is 0 Å². The maximum atomic E-state index is 8.47. The summed E-state index contributed by atoms with van der Waals surface area (Å²) >= 11 is 0. The summed E-state index contributed by atoms with van der Waals surface area (Å²) in [7, 11) is 0. The van der Waals surface area contributed by atoms with Gasteiger partial charge in [-0.1, -0.05) is 0 Å². The first-order valence-corrected chi connectivity index (χ1v) is 3.73. The second-order valence-corrected chi connectivity index (χ2v) is 2.43. The summed E-state index contributed by atoms with van der Waals surface area (Å²) in [5.41, 5.74) is 0. The quantitative estimate of drug-likeness (QED) is 0.182. The van der Waals surface area contributed by atoms with Crippen LogP contribution in [0, 0.1) is 0 Å². The van der Waals surface area contributed by atoms with Gasteiger partial charge in [-0.3, -0.25) is 10.6 Å². The zero-order chi connectivity index (χ0) is 9.45. The van der Waals surface area contributed by atoms with E-state index in [0.717, 1.165) is 0 Å². The number of nitrogens with one attached hydrogen (secondary N) is 2. The van der Waals surface area contributed by atoms with E-state index in [2.05, 4.69) is 15.5 Å². The molecule has 12 heavy (non-hydrogen) atoms. The van der Waals surface area contributed by atoms with Crippen molar-refractivity contribution in [2.24, 2.45) is 0 Å². The molecule has 0 aromatic heterocycles. The summed E-state index contributed by atoms with van der Waals surface area (Å²) in [6.07, 6.45) is 0. The smallest absolute Gasteiger partial charge is 0.204 e. The Bertz CT molecular complexity index is 104. The van der Waals surface area contributed by atoms with Gasteiger partial charge >= 0.3 is 0 Å². The van der Waals surface area contributed by atoms with Crippen molar-refractivity contribution in [1.82, 2.24) is 10.6 Å².